The quantitative estimate of drug-likeness (QED) is 0.237. The maximum atomic E-state index is 13.5. The molecule has 7 nitrogen and oxygen atoms in total. The van der Waals surface area contributed by atoms with Gasteiger partial charge in [0.1, 0.15) is 5.25 Å². The monoisotopic (exact) mass is 473 g/mol. The molecule has 1 heterocycles. The number of fused-ring (bicyclic) bond motifs is 1. The summed E-state index contributed by atoms with van der Waals surface area (Å²) in [7, 11) is 1.29. The fraction of sp³-hybridized carbons (Fsp3) is 0.154. The highest BCUT2D eigenvalue weighted by molar-refractivity contribution is 8.00. The fourth-order valence-corrected chi connectivity index (χ4v) is 4.71. The average Bonchev–Trinajstić information content (AvgIpc) is 2.87. The molecule has 0 bridgehead atoms. The van der Waals surface area contributed by atoms with E-state index < -0.39 is 17.1 Å². The van der Waals surface area contributed by atoms with E-state index in [9.17, 15) is 14.4 Å². The number of rotatable bonds is 8. The Kier molecular flexibility index (Phi) is 7.08. The second-order valence-corrected chi connectivity index (χ2v) is 8.69. The van der Waals surface area contributed by atoms with Crippen molar-refractivity contribution in [2.24, 2.45) is 5.73 Å². The van der Waals surface area contributed by atoms with Crippen LogP contribution in [0.1, 0.15) is 26.7 Å². The summed E-state index contributed by atoms with van der Waals surface area (Å²) in [6, 6.07) is 23.6. The Balaban J connectivity index is 1.82. The number of carbonyl (C=O) groups is 2. The van der Waals surface area contributed by atoms with Crippen molar-refractivity contribution >= 4 is 34.5 Å². The van der Waals surface area contributed by atoms with Crippen molar-refractivity contribution in [3.05, 3.63) is 106 Å². The Bertz CT molecular complexity index is 1390. The predicted octanol–water partition coefficient (Wildman–Crippen LogP) is 3.74. The number of methoxy groups -OCH3 is 1. The van der Waals surface area contributed by atoms with Crippen LogP contribution in [0.3, 0.4) is 0 Å². The lowest BCUT2D eigenvalue weighted by atomic mass is 10.1. The molecule has 0 fully saturated rings. The highest BCUT2D eigenvalue weighted by atomic mass is 32.2. The fourth-order valence-electron chi connectivity index (χ4n) is 3.64. The Morgan fingerprint density at radius 2 is 1.71 bits per heavy atom. The van der Waals surface area contributed by atoms with Gasteiger partial charge in [-0.3, -0.25) is 14.2 Å². The molecular formula is C26H23N3O4S. The number of aryl methyl sites for hydroxylation is 1. The van der Waals surface area contributed by atoms with Crippen molar-refractivity contribution in [1.82, 2.24) is 9.55 Å². The van der Waals surface area contributed by atoms with Crippen LogP contribution < -0.4 is 11.3 Å². The number of nitrogens with two attached hydrogens (primary N) is 1. The van der Waals surface area contributed by atoms with Gasteiger partial charge in [0.15, 0.2) is 5.16 Å². The minimum absolute atomic E-state index is 0.254. The van der Waals surface area contributed by atoms with Gasteiger partial charge in [-0.2, -0.15) is 0 Å². The van der Waals surface area contributed by atoms with Gasteiger partial charge in [0.05, 0.1) is 23.6 Å². The molecule has 0 saturated heterocycles. The van der Waals surface area contributed by atoms with E-state index >= 15 is 0 Å². The SMILES string of the molecule is COC(=O)c1ccc2c(=O)n(CCc3ccccc3)c(SC(C(N)=O)c3ccccc3)nc2c1. The van der Waals surface area contributed by atoms with Crippen molar-refractivity contribution < 1.29 is 14.3 Å². The number of ether oxygens (including phenoxy) is 1. The topological polar surface area (TPSA) is 104 Å². The van der Waals surface area contributed by atoms with Gasteiger partial charge in [-0.25, -0.2) is 9.78 Å². The Labute approximate surface area is 200 Å². The lowest BCUT2D eigenvalue weighted by molar-refractivity contribution is -0.117. The van der Waals surface area contributed by atoms with E-state index in [4.69, 9.17) is 10.5 Å². The highest BCUT2D eigenvalue weighted by Crippen LogP contribution is 2.34. The molecule has 0 aliphatic rings. The van der Waals surface area contributed by atoms with E-state index in [0.717, 1.165) is 17.3 Å². The number of primary amides is 1. The molecule has 2 N–H and O–H groups in total. The molecule has 172 valence electrons. The van der Waals surface area contributed by atoms with Gasteiger partial charge in [0, 0.05) is 6.54 Å². The third-order valence-corrected chi connectivity index (χ3v) is 6.65. The number of thioether (sulfide) groups is 1. The van der Waals surface area contributed by atoms with Crippen LogP contribution in [0.4, 0.5) is 0 Å². The second-order valence-electron chi connectivity index (χ2n) is 7.62. The number of hydrogen-bond acceptors (Lipinski definition) is 6. The number of nitrogens with zero attached hydrogens (tertiary/aromatic N) is 2. The first-order valence-electron chi connectivity index (χ1n) is 10.7. The first-order valence-corrected chi connectivity index (χ1v) is 11.5. The summed E-state index contributed by atoms with van der Waals surface area (Å²) >= 11 is 1.12. The molecule has 0 spiro atoms. The molecular weight excluding hydrogens is 450 g/mol. The summed E-state index contributed by atoms with van der Waals surface area (Å²) in [5.41, 5.74) is 7.90. The van der Waals surface area contributed by atoms with E-state index in [1.807, 2.05) is 60.7 Å². The van der Waals surface area contributed by atoms with Gasteiger partial charge in [-0.05, 0) is 35.7 Å². The molecule has 1 amide bonds. The molecule has 1 atom stereocenters. The van der Waals surface area contributed by atoms with Crippen molar-refractivity contribution in [3.8, 4) is 0 Å². The van der Waals surface area contributed by atoms with Crippen LogP contribution in [0.2, 0.25) is 0 Å². The van der Waals surface area contributed by atoms with Crippen LogP contribution >= 0.6 is 11.8 Å². The maximum absolute atomic E-state index is 13.5. The lowest BCUT2D eigenvalue weighted by Gasteiger charge is -2.18. The largest absolute Gasteiger partial charge is 0.465 e. The number of esters is 1. The van der Waals surface area contributed by atoms with Gasteiger partial charge in [0.25, 0.3) is 5.56 Å². The molecule has 1 aromatic heterocycles. The number of carbonyl (C=O) groups excluding carboxylic acids is 2. The van der Waals surface area contributed by atoms with Crippen molar-refractivity contribution in [3.63, 3.8) is 0 Å². The van der Waals surface area contributed by atoms with E-state index in [0.29, 0.717) is 34.6 Å². The number of hydrogen-bond donors (Lipinski definition) is 1. The van der Waals surface area contributed by atoms with Gasteiger partial charge in [0.2, 0.25) is 5.91 Å². The second kappa shape index (κ2) is 10.4. The smallest absolute Gasteiger partial charge is 0.337 e. The van der Waals surface area contributed by atoms with Crippen LogP contribution in [0, 0.1) is 0 Å². The number of benzene rings is 3. The molecule has 3 aromatic carbocycles. The van der Waals surface area contributed by atoms with Crippen LogP contribution in [-0.2, 0) is 22.5 Å². The van der Waals surface area contributed by atoms with Crippen molar-refractivity contribution in [2.45, 2.75) is 23.4 Å². The molecule has 0 saturated carbocycles. The first-order chi connectivity index (χ1) is 16.5. The first kappa shape index (κ1) is 23.3. The van der Waals surface area contributed by atoms with E-state index in [-0.39, 0.29) is 11.1 Å². The predicted molar refractivity (Wildman–Crippen MR) is 132 cm³/mol. The van der Waals surface area contributed by atoms with Crippen LogP contribution in [0.15, 0.2) is 88.8 Å². The Morgan fingerprint density at radius 1 is 1.03 bits per heavy atom. The lowest BCUT2D eigenvalue weighted by Crippen LogP contribution is -2.26. The van der Waals surface area contributed by atoms with Crippen molar-refractivity contribution in [2.75, 3.05) is 7.11 Å². The molecule has 8 heteroatoms. The summed E-state index contributed by atoms with van der Waals surface area (Å²) in [5.74, 6) is -1.06. The van der Waals surface area contributed by atoms with E-state index in [2.05, 4.69) is 4.98 Å². The average molecular weight is 474 g/mol. The maximum Gasteiger partial charge on any atom is 0.337 e. The van der Waals surface area contributed by atoms with Crippen LogP contribution in [0.25, 0.3) is 10.9 Å². The number of amides is 1. The minimum Gasteiger partial charge on any atom is -0.465 e. The zero-order chi connectivity index (χ0) is 24.1. The molecule has 0 aliphatic heterocycles. The zero-order valence-corrected chi connectivity index (χ0v) is 19.3. The summed E-state index contributed by atoms with van der Waals surface area (Å²) in [5, 5.41) is -0.0131. The van der Waals surface area contributed by atoms with Gasteiger partial charge in [-0.1, -0.05) is 72.4 Å². The van der Waals surface area contributed by atoms with Crippen LogP contribution in [0.5, 0.6) is 0 Å². The molecule has 34 heavy (non-hydrogen) atoms. The summed E-state index contributed by atoms with van der Waals surface area (Å²) in [6.45, 7) is 0.368. The standard InChI is InChI=1S/C26H23N3O4S/c1-33-25(32)19-12-13-20-21(16-19)28-26(34-22(23(27)30)18-10-6-3-7-11-18)29(24(20)31)15-14-17-8-4-2-5-9-17/h2-13,16,22H,14-15H2,1H3,(H2,27,30). The summed E-state index contributed by atoms with van der Waals surface area (Å²) in [4.78, 5) is 42.5. The third kappa shape index (κ3) is 5.02. The molecule has 4 aromatic rings. The zero-order valence-electron chi connectivity index (χ0n) is 18.5. The van der Waals surface area contributed by atoms with Gasteiger partial charge < -0.3 is 10.5 Å². The Hall–Kier alpha value is -3.91. The minimum atomic E-state index is -0.739. The molecule has 1 unspecified atom stereocenters. The van der Waals surface area contributed by atoms with Gasteiger partial charge in [-0.15, -0.1) is 0 Å². The van der Waals surface area contributed by atoms with Crippen LogP contribution in [-0.4, -0.2) is 28.5 Å². The summed E-state index contributed by atoms with van der Waals surface area (Å²) in [6.07, 6.45) is 0.605. The molecule has 4 rings (SSSR count). The highest BCUT2D eigenvalue weighted by Gasteiger charge is 2.23. The Morgan fingerprint density at radius 3 is 2.35 bits per heavy atom. The molecule has 0 radical (unpaired) electrons. The summed E-state index contributed by atoms with van der Waals surface area (Å²) < 4.78 is 6.36. The molecule has 0 aliphatic carbocycles. The normalized spacial score (nSPS) is 11.8. The third-order valence-electron chi connectivity index (χ3n) is 5.39. The van der Waals surface area contributed by atoms with Crippen molar-refractivity contribution in [1.29, 1.82) is 0 Å². The number of aromatic nitrogens is 2. The van der Waals surface area contributed by atoms with E-state index in [1.54, 1.807) is 16.7 Å². The van der Waals surface area contributed by atoms with E-state index in [1.165, 1.54) is 13.2 Å². The van der Waals surface area contributed by atoms with Gasteiger partial charge >= 0.3 is 5.97 Å².